The van der Waals surface area contributed by atoms with E-state index in [-0.39, 0.29) is 6.10 Å². The summed E-state index contributed by atoms with van der Waals surface area (Å²) in [7, 11) is 4.20. The summed E-state index contributed by atoms with van der Waals surface area (Å²) < 4.78 is 5.69. The number of hydrogen-bond donors (Lipinski definition) is 1. The minimum absolute atomic E-state index is 0.223. The second kappa shape index (κ2) is 5.66. The van der Waals surface area contributed by atoms with Gasteiger partial charge in [0.1, 0.15) is 0 Å². The van der Waals surface area contributed by atoms with Gasteiger partial charge in [0.2, 0.25) is 0 Å². The molecule has 1 rings (SSSR count). The molecule has 1 fully saturated rings. The lowest BCUT2D eigenvalue weighted by Gasteiger charge is -2.36. The highest BCUT2D eigenvalue weighted by Gasteiger charge is 2.23. The lowest BCUT2D eigenvalue weighted by molar-refractivity contribution is -0.0727. The third-order valence-electron chi connectivity index (χ3n) is 2.53. The Bertz CT molecular complexity index is 163. The molecule has 0 saturated carbocycles. The summed E-state index contributed by atoms with van der Waals surface area (Å²) in [5.41, 5.74) is 5.62. The van der Waals surface area contributed by atoms with Crippen LogP contribution in [0.4, 0.5) is 0 Å². The zero-order valence-electron chi connectivity index (χ0n) is 9.57. The van der Waals surface area contributed by atoms with Gasteiger partial charge in [0.25, 0.3) is 0 Å². The number of likely N-dealkylation sites (N-methyl/N-ethyl adjacent to an activating group) is 1. The largest absolute Gasteiger partial charge is 0.371 e. The van der Waals surface area contributed by atoms with Crippen LogP contribution in [0.25, 0.3) is 0 Å². The second-order valence-electron chi connectivity index (χ2n) is 4.37. The lowest BCUT2D eigenvalue weighted by Crippen LogP contribution is -2.50. The Morgan fingerprint density at radius 1 is 1.43 bits per heavy atom. The Balaban J connectivity index is 2.30. The van der Waals surface area contributed by atoms with E-state index in [9.17, 15) is 0 Å². The highest BCUT2D eigenvalue weighted by Crippen LogP contribution is 2.09. The Kier molecular flexibility index (Phi) is 4.81. The van der Waals surface area contributed by atoms with Gasteiger partial charge in [-0.15, -0.1) is 0 Å². The van der Waals surface area contributed by atoms with Crippen molar-refractivity contribution < 1.29 is 4.74 Å². The van der Waals surface area contributed by atoms with Gasteiger partial charge in [-0.25, -0.2) is 0 Å². The topological polar surface area (TPSA) is 41.7 Å². The number of morpholine rings is 1. The summed E-state index contributed by atoms with van der Waals surface area (Å²) in [6.07, 6.45) is 0.542. The number of nitrogens with two attached hydrogens (primary N) is 1. The van der Waals surface area contributed by atoms with Crippen LogP contribution in [0.3, 0.4) is 0 Å². The van der Waals surface area contributed by atoms with Crippen LogP contribution in [0.5, 0.6) is 0 Å². The van der Waals surface area contributed by atoms with Crippen LogP contribution in [-0.4, -0.2) is 68.8 Å². The molecule has 0 aromatic carbocycles. The summed E-state index contributed by atoms with van der Waals surface area (Å²) in [4.78, 5) is 4.64. The quantitative estimate of drug-likeness (QED) is 0.672. The summed E-state index contributed by atoms with van der Waals surface area (Å²) in [6.45, 7) is 6.97. The van der Waals surface area contributed by atoms with Gasteiger partial charge in [0.15, 0.2) is 0 Å². The van der Waals surface area contributed by atoms with Crippen molar-refractivity contribution in [2.45, 2.75) is 19.1 Å². The van der Waals surface area contributed by atoms with Crippen molar-refractivity contribution in [3.8, 4) is 0 Å². The summed E-state index contributed by atoms with van der Waals surface area (Å²) in [6, 6.07) is 0. The molecule has 0 aromatic rings. The standard InChI is InChI=1S/C10H23N3O/c1-9-7-13(5-4-12(2)3)8-10(6-11)14-9/h9-10H,4-8,11H2,1-3H3. The van der Waals surface area contributed by atoms with Crippen molar-refractivity contribution in [1.82, 2.24) is 9.80 Å². The minimum Gasteiger partial charge on any atom is -0.371 e. The van der Waals surface area contributed by atoms with E-state index in [1.165, 1.54) is 0 Å². The van der Waals surface area contributed by atoms with Gasteiger partial charge in [0.05, 0.1) is 12.2 Å². The molecule has 0 aromatic heterocycles. The maximum absolute atomic E-state index is 5.69. The molecule has 1 aliphatic rings. The third kappa shape index (κ3) is 3.92. The van der Waals surface area contributed by atoms with Crippen molar-refractivity contribution in [3.63, 3.8) is 0 Å². The predicted molar refractivity (Wildman–Crippen MR) is 58.4 cm³/mol. The summed E-state index contributed by atoms with van der Waals surface area (Å²) >= 11 is 0. The molecule has 0 bridgehead atoms. The smallest absolute Gasteiger partial charge is 0.0828 e. The molecule has 2 unspecified atom stereocenters. The molecule has 4 nitrogen and oxygen atoms in total. The molecule has 0 radical (unpaired) electrons. The highest BCUT2D eigenvalue weighted by atomic mass is 16.5. The van der Waals surface area contributed by atoms with Crippen LogP contribution in [0.1, 0.15) is 6.92 Å². The molecular formula is C10H23N3O. The number of ether oxygens (including phenoxy) is 1. The zero-order valence-corrected chi connectivity index (χ0v) is 9.57. The molecule has 0 aliphatic carbocycles. The average Bonchev–Trinajstić information content (AvgIpc) is 2.14. The van der Waals surface area contributed by atoms with Gasteiger partial charge in [-0.3, -0.25) is 4.90 Å². The fourth-order valence-corrected chi connectivity index (χ4v) is 1.79. The van der Waals surface area contributed by atoms with Gasteiger partial charge in [-0.2, -0.15) is 0 Å². The van der Waals surface area contributed by atoms with Crippen LogP contribution in [0.15, 0.2) is 0 Å². The van der Waals surface area contributed by atoms with E-state index < -0.39 is 0 Å². The van der Waals surface area contributed by atoms with Crippen molar-refractivity contribution in [2.75, 3.05) is 46.8 Å². The van der Waals surface area contributed by atoms with Crippen molar-refractivity contribution in [1.29, 1.82) is 0 Å². The summed E-state index contributed by atoms with van der Waals surface area (Å²) in [5, 5.41) is 0. The van der Waals surface area contributed by atoms with Crippen molar-refractivity contribution in [2.24, 2.45) is 5.73 Å². The first-order valence-corrected chi connectivity index (χ1v) is 5.34. The van der Waals surface area contributed by atoms with Crippen molar-refractivity contribution >= 4 is 0 Å². The molecule has 1 aliphatic heterocycles. The predicted octanol–water partition coefficient (Wildman–Crippen LogP) is -0.404. The third-order valence-corrected chi connectivity index (χ3v) is 2.53. The molecule has 0 amide bonds. The molecule has 1 saturated heterocycles. The van der Waals surface area contributed by atoms with Gasteiger partial charge in [0, 0.05) is 32.7 Å². The molecule has 84 valence electrons. The Hall–Kier alpha value is -0.160. The van der Waals surface area contributed by atoms with Gasteiger partial charge in [-0.05, 0) is 21.0 Å². The molecule has 14 heavy (non-hydrogen) atoms. The molecule has 2 N–H and O–H groups in total. The monoisotopic (exact) mass is 201 g/mol. The fourth-order valence-electron chi connectivity index (χ4n) is 1.79. The van der Waals surface area contributed by atoms with E-state index in [1.54, 1.807) is 0 Å². The van der Waals surface area contributed by atoms with Crippen LogP contribution >= 0.6 is 0 Å². The maximum atomic E-state index is 5.69. The number of nitrogens with zero attached hydrogens (tertiary/aromatic N) is 2. The first kappa shape index (κ1) is 11.9. The van der Waals surface area contributed by atoms with E-state index in [1.807, 2.05) is 0 Å². The van der Waals surface area contributed by atoms with E-state index in [2.05, 4.69) is 30.8 Å². The second-order valence-corrected chi connectivity index (χ2v) is 4.37. The van der Waals surface area contributed by atoms with Gasteiger partial charge >= 0.3 is 0 Å². The molecular weight excluding hydrogens is 178 g/mol. The zero-order chi connectivity index (χ0) is 10.6. The first-order valence-electron chi connectivity index (χ1n) is 5.34. The van der Waals surface area contributed by atoms with Crippen molar-refractivity contribution in [3.05, 3.63) is 0 Å². The van der Waals surface area contributed by atoms with Crippen LogP contribution in [-0.2, 0) is 4.74 Å². The van der Waals surface area contributed by atoms with E-state index in [0.29, 0.717) is 12.6 Å². The van der Waals surface area contributed by atoms with Gasteiger partial charge in [-0.1, -0.05) is 0 Å². The van der Waals surface area contributed by atoms with Gasteiger partial charge < -0.3 is 15.4 Å². The summed E-state index contributed by atoms with van der Waals surface area (Å²) in [5.74, 6) is 0. The Morgan fingerprint density at radius 3 is 2.71 bits per heavy atom. The Labute approximate surface area is 87.0 Å². The van der Waals surface area contributed by atoms with Crippen LogP contribution in [0.2, 0.25) is 0 Å². The number of rotatable bonds is 4. The van der Waals surface area contributed by atoms with E-state index in [0.717, 1.165) is 26.2 Å². The average molecular weight is 201 g/mol. The maximum Gasteiger partial charge on any atom is 0.0828 e. The lowest BCUT2D eigenvalue weighted by atomic mass is 10.2. The molecule has 4 heteroatoms. The SMILES string of the molecule is CC1CN(CCN(C)C)CC(CN)O1. The minimum atomic E-state index is 0.223. The van der Waals surface area contributed by atoms with Crippen LogP contribution < -0.4 is 5.73 Å². The normalized spacial score (nSPS) is 29.8. The molecule has 2 atom stereocenters. The Morgan fingerprint density at radius 2 is 2.14 bits per heavy atom. The fraction of sp³-hybridized carbons (Fsp3) is 1.00. The van der Waals surface area contributed by atoms with E-state index >= 15 is 0 Å². The molecule has 0 spiro atoms. The van der Waals surface area contributed by atoms with E-state index in [4.69, 9.17) is 10.5 Å². The first-order chi connectivity index (χ1) is 6.61. The number of hydrogen-bond acceptors (Lipinski definition) is 4. The molecule has 1 heterocycles. The van der Waals surface area contributed by atoms with Crippen LogP contribution in [0, 0.1) is 0 Å². The highest BCUT2D eigenvalue weighted by molar-refractivity contribution is 4.76.